The molecule has 0 atom stereocenters. The Hall–Kier alpha value is -0.713. The average molecular weight is 298 g/mol. The molecular weight excluding hydrogens is 267 g/mol. The van der Waals surface area contributed by atoms with Crippen LogP contribution in [-0.2, 0) is 0 Å². The van der Waals surface area contributed by atoms with E-state index in [1.807, 2.05) is 0 Å². The Labute approximate surface area is 148 Å². The molecule has 22 heavy (non-hydrogen) atoms. The van der Waals surface area contributed by atoms with Crippen molar-refractivity contribution < 1.29 is 28.8 Å². The van der Waals surface area contributed by atoms with E-state index in [-0.39, 0.29) is 18.9 Å². The van der Waals surface area contributed by atoms with Crippen LogP contribution in [0.3, 0.4) is 0 Å². The second-order valence-electron chi connectivity index (χ2n) is 5.35. The molecule has 1 aromatic carbocycles. The van der Waals surface area contributed by atoms with Crippen molar-refractivity contribution in [3.05, 3.63) is 42.8 Å². The van der Waals surface area contributed by atoms with Crippen molar-refractivity contribution in [3.63, 3.8) is 0 Å². The SMILES string of the molecule is O=C(O)c1ccccc1.[CH2-]CCCCCCCCCCC.[Li+]. The van der Waals surface area contributed by atoms with Crippen LogP contribution in [0, 0.1) is 6.92 Å². The van der Waals surface area contributed by atoms with Gasteiger partial charge in [0.1, 0.15) is 0 Å². The van der Waals surface area contributed by atoms with Crippen LogP contribution < -0.4 is 18.9 Å². The maximum Gasteiger partial charge on any atom is 1.00 e. The van der Waals surface area contributed by atoms with Gasteiger partial charge >= 0.3 is 24.8 Å². The fraction of sp³-hybridized carbons (Fsp3) is 0.579. The van der Waals surface area contributed by atoms with Crippen LogP contribution in [0.15, 0.2) is 30.3 Å². The zero-order chi connectivity index (χ0) is 15.8. The van der Waals surface area contributed by atoms with Crippen LogP contribution in [0.5, 0.6) is 0 Å². The maximum absolute atomic E-state index is 10.2. The topological polar surface area (TPSA) is 37.3 Å². The molecule has 2 nitrogen and oxygen atoms in total. The minimum Gasteiger partial charge on any atom is -0.478 e. The quantitative estimate of drug-likeness (QED) is 0.409. The van der Waals surface area contributed by atoms with Crippen LogP contribution in [0.2, 0.25) is 0 Å². The third-order valence-electron chi connectivity index (χ3n) is 3.37. The monoisotopic (exact) mass is 298 g/mol. The molecule has 0 aromatic heterocycles. The molecule has 0 aliphatic carbocycles. The van der Waals surface area contributed by atoms with Crippen LogP contribution in [0.25, 0.3) is 0 Å². The number of carbonyl (C=O) groups is 1. The van der Waals surface area contributed by atoms with Gasteiger partial charge in [-0.3, -0.25) is 0 Å². The van der Waals surface area contributed by atoms with E-state index < -0.39 is 5.97 Å². The van der Waals surface area contributed by atoms with Gasteiger partial charge in [-0.15, -0.1) is 0 Å². The normalized spacial score (nSPS) is 9.36. The predicted octanol–water partition coefficient (Wildman–Crippen LogP) is 3.13. The van der Waals surface area contributed by atoms with Gasteiger partial charge in [-0.2, -0.15) is 6.42 Å². The third kappa shape index (κ3) is 15.7. The van der Waals surface area contributed by atoms with Crippen LogP contribution in [0.4, 0.5) is 0 Å². The molecule has 0 aliphatic heterocycles. The molecule has 3 heteroatoms. The van der Waals surface area contributed by atoms with E-state index in [1.165, 1.54) is 57.8 Å². The van der Waals surface area contributed by atoms with Gasteiger partial charge in [0.2, 0.25) is 0 Å². The molecule has 0 saturated carbocycles. The number of unbranched alkanes of at least 4 members (excludes halogenated alkanes) is 9. The van der Waals surface area contributed by atoms with E-state index in [4.69, 9.17) is 5.11 Å². The number of carboxylic acid groups (broad SMARTS) is 1. The molecule has 0 unspecified atom stereocenters. The van der Waals surface area contributed by atoms with Gasteiger partial charge in [0, 0.05) is 0 Å². The number of rotatable bonds is 10. The molecule has 1 N–H and O–H groups in total. The van der Waals surface area contributed by atoms with Crippen molar-refractivity contribution in [2.45, 2.75) is 71.1 Å². The molecule has 0 amide bonds. The summed E-state index contributed by atoms with van der Waals surface area (Å²) in [6.07, 6.45) is 13.9. The van der Waals surface area contributed by atoms with Gasteiger partial charge in [-0.1, -0.05) is 82.9 Å². The van der Waals surface area contributed by atoms with Gasteiger partial charge in [0.15, 0.2) is 0 Å². The zero-order valence-electron chi connectivity index (χ0n) is 14.5. The fourth-order valence-corrected chi connectivity index (χ4v) is 2.07. The zero-order valence-corrected chi connectivity index (χ0v) is 14.5. The van der Waals surface area contributed by atoms with E-state index >= 15 is 0 Å². The molecule has 0 fully saturated rings. The molecule has 0 aliphatic rings. The maximum atomic E-state index is 10.2. The molecule has 0 heterocycles. The first-order chi connectivity index (χ1) is 10.2. The van der Waals surface area contributed by atoms with E-state index in [1.54, 1.807) is 30.3 Å². The summed E-state index contributed by atoms with van der Waals surface area (Å²) in [5.41, 5.74) is 0.331. The Balaban J connectivity index is 0. The van der Waals surface area contributed by atoms with Gasteiger partial charge < -0.3 is 12.0 Å². The Kier molecular flexibility index (Phi) is 19.6. The number of aromatic carboxylic acids is 1. The van der Waals surface area contributed by atoms with Crippen molar-refractivity contribution >= 4 is 5.97 Å². The average Bonchev–Trinajstić information content (AvgIpc) is 2.51. The largest absolute Gasteiger partial charge is 1.00 e. The molecule has 120 valence electrons. The van der Waals surface area contributed by atoms with Crippen LogP contribution >= 0.6 is 0 Å². The van der Waals surface area contributed by atoms with Crippen molar-refractivity contribution in [2.24, 2.45) is 0 Å². The Morgan fingerprint density at radius 3 is 1.73 bits per heavy atom. The van der Waals surface area contributed by atoms with Gasteiger partial charge in [0.25, 0.3) is 0 Å². The van der Waals surface area contributed by atoms with E-state index in [9.17, 15) is 4.79 Å². The molecule has 1 rings (SSSR count). The molecule has 0 radical (unpaired) electrons. The minimum atomic E-state index is -0.879. The van der Waals surface area contributed by atoms with Crippen molar-refractivity contribution in [1.29, 1.82) is 0 Å². The van der Waals surface area contributed by atoms with Crippen molar-refractivity contribution in [2.75, 3.05) is 0 Å². The number of hydrogen-bond donors (Lipinski definition) is 1. The van der Waals surface area contributed by atoms with Gasteiger partial charge in [-0.25, -0.2) is 4.79 Å². The van der Waals surface area contributed by atoms with Crippen LogP contribution in [-0.4, -0.2) is 11.1 Å². The van der Waals surface area contributed by atoms with E-state index in [2.05, 4.69) is 13.8 Å². The molecular formula is C19H31LiO2. The molecule has 0 spiro atoms. The summed E-state index contributed by atoms with van der Waals surface area (Å²) in [4.78, 5) is 10.2. The standard InChI is InChI=1S/C12H25.C7H6O2.Li/c1-3-5-7-9-11-12-10-8-6-4-2;8-7(9)6-4-2-1-3-5-6;/h1,3-12H2,2H3;1-5H,(H,8,9);/q-1;;+1. The Morgan fingerprint density at radius 2 is 1.36 bits per heavy atom. The molecule has 0 saturated heterocycles. The van der Waals surface area contributed by atoms with E-state index in [0.717, 1.165) is 6.42 Å². The first-order valence-corrected chi connectivity index (χ1v) is 8.30. The first kappa shape index (κ1) is 23.6. The summed E-state index contributed by atoms with van der Waals surface area (Å²) in [7, 11) is 0. The number of hydrogen-bond acceptors (Lipinski definition) is 1. The predicted molar refractivity (Wildman–Crippen MR) is 90.6 cm³/mol. The second kappa shape index (κ2) is 18.3. The number of benzene rings is 1. The summed E-state index contributed by atoms with van der Waals surface area (Å²) in [5, 5.41) is 8.38. The summed E-state index contributed by atoms with van der Waals surface area (Å²) < 4.78 is 0. The van der Waals surface area contributed by atoms with E-state index in [0.29, 0.717) is 5.56 Å². The summed E-state index contributed by atoms with van der Waals surface area (Å²) >= 11 is 0. The molecule has 1 aromatic rings. The van der Waals surface area contributed by atoms with Gasteiger partial charge in [-0.05, 0) is 12.1 Å². The smallest absolute Gasteiger partial charge is 0.478 e. The minimum absolute atomic E-state index is 0. The Bertz CT molecular complexity index is 329. The summed E-state index contributed by atoms with van der Waals surface area (Å²) in [6.45, 7) is 6.12. The van der Waals surface area contributed by atoms with Crippen molar-refractivity contribution in [3.8, 4) is 0 Å². The fourth-order valence-electron chi connectivity index (χ4n) is 2.07. The Morgan fingerprint density at radius 1 is 0.909 bits per heavy atom. The summed E-state index contributed by atoms with van der Waals surface area (Å²) in [5.74, 6) is -0.879. The first-order valence-electron chi connectivity index (χ1n) is 8.30. The van der Waals surface area contributed by atoms with Crippen LogP contribution in [0.1, 0.15) is 81.5 Å². The summed E-state index contributed by atoms with van der Waals surface area (Å²) in [6, 6.07) is 8.30. The molecule has 0 bridgehead atoms. The number of carboxylic acids is 1. The second-order valence-corrected chi connectivity index (χ2v) is 5.35. The van der Waals surface area contributed by atoms with Gasteiger partial charge in [0.05, 0.1) is 5.56 Å². The third-order valence-corrected chi connectivity index (χ3v) is 3.37. The van der Waals surface area contributed by atoms with Crippen molar-refractivity contribution in [1.82, 2.24) is 0 Å².